The van der Waals surface area contributed by atoms with Crippen LogP contribution in [0.5, 0.6) is 0 Å². The third kappa shape index (κ3) is 3.19. The zero-order chi connectivity index (χ0) is 11.4. The van der Waals surface area contributed by atoms with E-state index in [2.05, 4.69) is 22.5 Å². The molecule has 2 aliphatic heterocycles. The number of nitrogens with zero attached hydrogens (tertiary/aromatic N) is 1. The fraction of sp³-hybridized carbons (Fsp3) is 0.917. The second-order valence-electron chi connectivity index (χ2n) is 4.92. The maximum absolute atomic E-state index is 11.0. The van der Waals surface area contributed by atoms with Crippen molar-refractivity contribution in [1.29, 1.82) is 0 Å². The van der Waals surface area contributed by atoms with Gasteiger partial charge < -0.3 is 15.5 Å². The lowest BCUT2D eigenvalue weighted by molar-refractivity contribution is -0.119. The van der Waals surface area contributed by atoms with Crippen molar-refractivity contribution >= 4 is 5.91 Å². The van der Waals surface area contributed by atoms with Crippen molar-refractivity contribution in [3.8, 4) is 0 Å². The molecule has 92 valence electrons. The normalized spacial score (nSPS) is 28.3. The van der Waals surface area contributed by atoms with E-state index < -0.39 is 0 Å². The summed E-state index contributed by atoms with van der Waals surface area (Å²) in [5, 5.41) is 6.59. The summed E-state index contributed by atoms with van der Waals surface area (Å²) in [6.45, 7) is 6.77. The molecule has 1 amide bonds. The predicted molar refractivity (Wildman–Crippen MR) is 64.3 cm³/mol. The number of carbonyl (C=O) groups excluding carboxylic acids is 1. The van der Waals surface area contributed by atoms with Gasteiger partial charge in [-0.1, -0.05) is 6.92 Å². The maximum atomic E-state index is 11.0. The minimum Gasteiger partial charge on any atom is -0.352 e. The molecule has 16 heavy (non-hydrogen) atoms. The fourth-order valence-electron chi connectivity index (χ4n) is 2.59. The first-order chi connectivity index (χ1) is 7.78. The molecule has 0 aliphatic carbocycles. The molecular weight excluding hydrogens is 202 g/mol. The van der Waals surface area contributed by atoms with Crippen molar-refractivity contribution in [3.05, 3.63) is 0 Å². The number of hydrogen-bond donors (Lipinski definition) is 2. The molecule has 2 fully saturated rings. The van der Waals surface area contributed by atoms with Crippen LogP contribution in [0.4, 0.5) is 0 Å². The van der Waals surface area contributed by atoms with Crippen LogP contribution >= 0.6 is 0 Å². The average Bonchev–Trinajstić information content (AvgIpc) is 2.73. The lowest BCUT2D eigenvalue weighted by Crippen LogP contribution is -2.46. The molecule has 1 unspecified atom stereocenters. The van der Waals surface area contributed by atoms with E-state index in [1.807, 2.05) is 0 Å². The molecule has 2 rings (SSSR count). The minimum absolute atomic E-state index is 0.215. The third-order valence-corrected chi connectivity index (χ3v) is 3.77. The Hall–Kier alpha value is -0.610. The first-order valence-electron chi connectivity index (χ1n) is 6.53. The van der Waals surface area contributed by atoms with Crippen LogP contribution in [-0.2, 0) is 4.79 Å². The Labute approximate surface area is 97.8 Å². The van der Waals surface area contributed by atoms with E-state index in [4.69, 9.17) is 0 Å². The van der Waals surface area contributed by atoms with Crippen molar-refractivity contribution in [2.75, 3.05) is 26.2 Å². The Morgan fingerprint density at radius 2 is 2.12 bits per heavy atom. The van der Waals surface area contributed by atoms with Gasteiger partial charge >= 0.3 is 0 Å². The number of likely N-dealkylation sites (tertiary alicyclic amines) is 1. The summed E-state index contributed by atoms with van der Waals surface area (Å²) in [5.74, 6) is 0.215. The van der Waals surface area contributed by atoms with Crippen molar-refractivity contribution in [3.63, 3.8) is 0 Å². The first kappa shape index (κ1) is 11.9. The third-order valence-electron chi connectivity index (χ3n) is 3.77. The standard InChI is InChI=1S/C12H23N3O/c1-2-15-7-5-10(6-8-15)13-9-11-3-4-12(16)14-11/h10-11,13H,2-9H2,1H3,(H,14,16). The van der Waals surface area contributed by atoms with E-state index in [1.165, 1.54) is 32.5 Å². The van der Waals surface area contributed by atoms with E-state index in [0.717, 1.165) is 13.0 Å². The van der Waals surface area contributed by atoms with Crippen LogP contribution in [0.3, 0.4) is 0 Å². The molecule has 0 aromatic carbocycles. The van der Waals surface area contributed by atoms with Gasteiger partial charge in [0, 0.05) is 25.0 Å². The summed E-state index contributed by atoms with van der Waals surface area (Å²) in [4.78, 5) is 13.5. The minimum atomic E-state index is 0.215. The largest absolute Gasteiger partial charge is 0.352 e. The lowest BCUT2D eigenvalue weighted by Gasteiger charge is -2.32. The molecule has 0 aromatic rings. The van der Waals surface area contributed by atoms with Crippen molar-refractivity contribution in [1.82, 2.24) is 15.5 Å². The Balaban J connectivity index is 1.62. The molecule has 0 spiro atoms. The number of hydrogen-bond acceptors (Lipinski definition) is 3. The van der Waals surface area contributed by atoms with Gasteiger partial charge in [-0.05, 0) is 38.9 Å². The first-order valence-corrected chi connectivity index (χ1v) is 6.53. The number of amides is 1. The zero-order valence-corrected chi connectivity index (χ0v) is 10.2. The lowest BCUT2D eigenvalue weighted by atomic mass is 10.0. The van der Waals surface area contributed by atoms with Crippen molar-refractivity contribution in [2.24, 2.45) is 0 Å². The highest BCUT2D eigenvalue weighted by Crippen LogP contribution is 2.11. The molecule has 2 N–H and O–H groups in total. The van der Waals surface area contributed by atoms with Crippen LogP contribution in [0.2, 0.25) is 0 Å². The predicted octanol–water partition coefficient (Wildman–Crippen LogP) is 0.339. The van der Waals surface area contributed by atoms with Crippen LogP contribution in [0.25, 0.3) is 0 Å². The molecule has 2 heterocycles. The monoisotopic (exact) mass is 225 g/mol. The smallest absolute Gasteiger partial charge is 0.220 e. The fourth-order valence-corrected chi connectivity index (χ4v) is 2.59. The number of rotatable bonds is 4. The molecule has 1 atom stereocenters. The van der Waals surface area contributed by atoms with E-state index in [9.17, 15) is 4.79 Å². The van der Waals surface area contributed by atoms with Gasteiger partial charge in [0.15, 0.2) is 0 Å². The maximum Gasteiger partial charge on any atom is 0.220 e. The summed E-state index contributed by atoms with van der Waals surface area (Å²) in [5.41, 5.74) is 0. The topological polar surface area (TPSA) is 44.4 Å². The Morgan fingerprint density at radius 3 is 2.69 bits per heavy atom. The van der Waals surface area contributed by atoms with Gasteiger partial charge in [-0.3, -0.25) is 4.79 Å². The Morgan fingerprint density at radius 1 is 1.38 bits per heavy atom. The number of piperidine rings is 1. The summed E-state index contributed by atoms with van der Waals surface area (Å²) < 4.78 is 0. The van der Waals surface area contributed by atoms with Crippen molar-refractivity contribution in [2.45, 2.75) is 44.7 Å². The molecule has 2 aliphatic rings. The molecule has 4 nitrogen and oxygen atoms in total. The van der Waals surface area contributed by atoms with Gasteiger partial charge in [0.1, 0.15) is 0 Å². The van der Waals surface area contributed by atoms with E-state index >= 15 is 0 Å². The summed E-state index contributed by atoms with van der Waals surface area (Å²) in [6, 6.07) is 1.03. The molecule has 2 saturated heterocycles. The highest BCUT2D eigenvalue weighted by Gasteiger charge is 2.23. The van der Waals surface area contributed by atoms with Gasteiger partial charge in [0.25, 0.3) is 0 Å². The van der Waals surface area contributed by atoms with Crippen LogP contribution in [-0.4, -0.2) is 49.1 Å². The molecular formula is C12H23N3O. The highest BCUT2D eigenvalue weighted by atomic mass is 16.1. The van der Waals surface area contributed by atoms with Crippen molar-refractivity contribution < 1.29 is 4.79 Å². The molecule has 0 aromatic heterocycles. The quantitative estimate of drug-likeness (QED) is 0.725. The van der Waals surface area contributed by atoms with E-state index in [-0.39, 0.29) is 5.91 Å². The van der Waals surface area contributed by atoms with Gasteiger partial charge in [-0.2, -0.15) is 0 Å². The van der Waals surface area contributed by atoms with Crippen LogP contribution in [0.1, 0.15) is 32.6 Å². The molecule has 0 bridgehead atoms. The van der Waals surface area contributed by atoms with Crippen LogP contribution in [0.15, 0.2) is 0 Å². The van der Waals surface area contributed by atoms with Crippen LogP contribution in [0, 0.1) is 0 Å². The van der Waals surface area contributed by atoms with Gasteiger partial charge in [0.05, 0.1) is 0 Å². The van der Waals surface area contributed by atoms with Gasteiger partial charge in [-0.25, -0.2) is 0 Å². The van der Waals surface area contributed by atoms with Gasteiger partial charge in [0.2, 0.25) is 5.91 Å². The number of nitrogens with one attached hydrogen (secondary N) is 2. The van der Waals surface area contributed by atoms with Crippen LogP contribution < -0.4 is 10.6 Å². The van der Waals surface area contributed by atoms with Gasteiger partial charge in [-0.15, -0.1) is 0 Å². The Bertz CT molecular complexity index is 236. The molecule has 4 heteroatoms. The highest BCUT2D eigenvalue weighted by molar-refractivity contribution is 5.78. The number of carbonyl (C=O) groups is 1. The van der Waals surface area contributed by atoms with E-state index in [1.54, 1.807) is 0 Å². The SMILES string of the molecule is CCN1CCC(NCC2CCC(=O)N2)CC1. The van der Waals surface area contributed by atoms with E-state index in [0.29, 0.717) is 18.5 Å². The molecule has 0 saturated carbocycles. The zero-order valence-electron chi connectivity index (χ0n) is 10.2. The second-order valence-corrected chi connectivity index (χ2v) is 4.92. The Kier molecular flexibility index (Phi) is 4.18. The summed E-state index contributed by atoms with van der Waals surface area (Å²) in [7, 11) is 0. The second kappa shape index (κ2) is 5.64. The molecule has 0 radical (unpaired) electrons. The summed E-state index contributed by atoms with van der Waals surface area (Å²) in [6.07, 6.45) is 4.20. The average molecular weight is 225 g/mol. The summed E-state index contributed by atoms with van der Waals surface area (Å²) >= 11 is 0.